The van der Waals surface area contributed by atoms with Gasteiger partial charge in [-0.1, -0.05) is 263 Å². The van der Waals surface area contributed by atoms with Gasteiger partial charge in [-0.05, 0) is 44.9 Å². The van der Waals surface area contributed by atoms with Crippen molar-refractivity contribution in [3.05, 3.63) is 36.5 Å². The molecule has 3 unspecified atom stereocenters. The quantitative estimate of drug-likeness (QED) is 0.0321. The molecule has 0 aromatic carbocycles. The Labute approximate surface area is 385 Å². The minimum absolute atomic E-state index is 0.0766. The van der Waals surface area contributed by atoms with Crippen LogP contribution in [0.3, 0.4) is 0 Å². The van der Waals surface area contributed by atoms with E-state index in [-0.39, 0.29) is 24.9 Å². The Morgan fingerprint density at radius 3 is 1.31 bits per heavy atom. The number of rotatable bonds is 49. The first-order valence-corrected chi connectivity index (χ1v) is 27.2. The summed E-state index contributed by atoms with van der Waals surface area (Å²) >= 11 is 0. The number of carbonyl (C=O) groups excluding carboxylic acids is 2. The number of carbonyl (C=O) groups is 2. The molecule has 0 fully saturated rings. The smallest absolute Gasteiger partial charge is 0.306 e. The van der Waals surface area contributed by atoms with Crippen molar-refractivity contribution in [3.63, 3.8) is 0 Å². The zero-order valence-corrected chi connectivity index (χ0v) is 41.5. The highest BCUT2D eigenvalue weighted by Gasteiger charge is 2.24. The van der Waals surface area contributed by atoms with E-state index in [1.165, 1.54) is 180 Å². The van der Waals surface area contributed by atoms with E-state index in [1.807, 2.05) is 0 Å². The summed E-state index contributed by atoms with van der Waals surface area (Å²) < 4.78 is 5.93. The number of allylic oxidation sites excluding steroid dienone is 6. The highest BCUT2D eigenvalue weighted by Crippen LogP contribution is 2.19. The van der Waals surface area contributed by atoms with Gasteiger partial charge in [-0.15, -0.1) is 0 Å². The summed E-state index contributed by atoms with van der Waals surface area (Å²) in [7, 11) is 0. The van der Waals surface area contributed by atoms with Gasteiger partial charge in [-0.25, -0.2) is 0 Å². The molecule has 3 atom stereocenters. The molecule has 0 rings (SSSR count). The maximum Gasteiger partial charge on any atom is 0.306 e. The lowest BCUT2D eigenvalue weighted by molar-refractivity contribution is -0.151. The van der Waals surface area contributed by atoms with Crippen molar-refractivity contribution >= 4 is 11.9 Å². The van der Waals surface area contributed by atoms with Crippen LogP contribution in [0.4, 0.5) is 0 Å². The Morgan fingerprint density at radius 1 is 0.484 bits per heavy atom. The molecule has 0 radical (unpaired) electrons. The number of esters is 1. The molecule has 6 heteroatoms. The van der Waals surface area contributed by atoms with E-state index in [1.54, 1.807) is 0 Å². The third-order valence-corrected chi connectivity index (χ3v) is 12.5. The molecule has 0 aliphatic rings. The van der Waals surface area contributed by atoms with Crippen LogP contribution in [-0.2, 0) is 14.3 Å². The monoisotopic (exact) mass is 872 g/mol. The summed E-state index contributed by atoms with van der Waals surface area (Å²) in [6, 6.07) is -0.700. The van der Waals surface area contributed by atoms with Crippen LogP contribution in [-0.4, -0.2) is 46.9 Å². The van der Waals surface area contributed by atoms with Crippen molar-refractivity contribution in [3.8, 4) is 0 Å². The molecule has 0 aliphatic heterocycles. The number of hydrogen-bond donors (Lipinski definition) is 3. The fourth-order valence-corrected chi connectivity index (χ4v) is 8.43. The fourth-order valence-electron chi connectivity index (χ4n) is 8.43. The van der Waals surface area contributed by atoms with E-state index in [2.05, 4.69) is 62.5 Å². The van der Waals surface area contributed by atoms with Crippen LogP contribution >= 0.6 is 0 Å². The van der Waals surface area contributed by atoms with Gasteiger partial charge in [0.2, 0.25) is 5.91 Å². The second kappa shape index (κ2) is 50.1. The Balaban J connectivity index is 4.46. The summed E-state index contributed by atoms with van der Waals surface area (Å²) in [6.07, 6.45) is 59.2. The lowest BCUT2D eigenvalue weighted by Crippen LogP contribution is -2.46. The summed E-state index contributed by atoms with van der Waals surface area (Å²) in [5.41, 5.74) is 0. The number of ether oxygens (including phenoxy) is 1. The van der Waals surface area contributed by atoms with Crippen LogP contribution in [0, 0.1) is 0 Å². The molecule has 3 N–H and O–H groups in total. The van der Waals surface area contributed by atoms with E-state index < -0.39 is 18.2 Å². The third-order valence-electron chi connectivity index (χ3n) is 12.5. The summed E-state index contributed by atoms with van der Waals surface area (Å²) in [5.74, 6) is -0.475. The fraction of sp³-hybridized carbons (Fsp3) is 0.857. The lowest BCUT2D eigenvalue weighted by atomic mass is 10.0. The minimum atomic E-state index is -0.787. The minimum Gasteiger partial charge on any atom is -0.462 e. The number of aliphatic hydroxyl groups excluding tert-OH is 2. The van der Waals surface area contributed by atoms with Crippen LogP contribution in [0.5, 0.6) is 0 Å². The van der Waals surface area contributed by atoms with Gasteiger partial charge < -0.3 is 20.3 Å². The molecule has 0 aromatic rings. The zero-order valence-electron chi connectivity index (χ0n) is 41.5. The SMILES string of the molecule is CC/C=C/C=C/C=C/CCCCCCCCCC(=O)OC(CCCCCCCCCCCCC)CC(=O)NC(CO)C(O)CCCCCCCCCCCCCCCCCCC. The van der Waals surface area contributed by atoms with E-state index in [4.69, 9.17) is 4.74 Å². The maximum absolute atomic E-state index is 13.2. The Morgan fingerprint density at radius 2 is 0.871 bits per heavy atom. The molecule has 364 valence electrons. The van der Waals surface area contributed by atoms with Gasteiger partial charge in [0, 0.05) is 6.42 Å². The molecule has 0 saturated heterocycles. The molecule has 6 nitrogen and oxygen atoms in total. The lowest BCUT2D eigenvalue weighted by Gasteiger charge is -2.24. The molecular formula is C56H105NO5. The standard InChI is InChI=1S/C56H105NO5/c1-4-7-10-13-16-19-22-24-26-27-29-30-33-36-39-42-45-48-54(59)53(51-58)57-55(60)50-52(47-44-41-38-35-32-21-18-15-12-9-6-3)62-56(61)49-46-43-40-37-34-31-28-25-23-20-17-14-11-8-5-2/h8,11,14,17,20,23,52-54,58-59H,4-7,9-10,12-13,15-16,18-19,21-22,24-51H2,1-3H3,(H,57,60)/b11-8+,17-14+,23-20+. The second-order valence-corrected chi connectivity index (χ2v) is 18.7. The molecule has 0 aliphatic carbocycles. The number of hydrogen-bond acceptors (Lipinski definition) is 5. The van der Waals surface area contributed by atoms with Crippen molar-refractivity contribution in [1.82, 2.24) is 5.32 Å². The van der Waals surface area contributed by atoms with Crippen LogP contribution in [0.2, 0.25) is 0 Å². The predicted molar refractivity (Wildman–Crippen MR) is 269 cm³/mol. The van der Waals surface area contributed by atoms with Crippen molar-refractivity contribution < 1.29 is 24.5 Å². The van der Waals surface area contributed by atoms with Gasteiger partial charge in [0.1, 0.15) is 6.10 Å². The maximum atomic E-state index is 13.2. The van der Waals surface area contributed by atoms with Gasteiger partial charge in [-0.2, -0.15) is 0 Å². The molecule has 0 heterocycles. The summed E-state index contributed by atoms with van der Waals surface area (Å²) in [6.45, 7) is 6.37. The van der Waals surface area contributed by atoms with Gasteiger partial charge >= 0.3 is 5.97 Å². The van der Waals surface area contributed by atoms with Crippen molar-refractivity contribution in [1.29, 1.82) is 0 Å². The van der Waals surface area contributed by atoms with Gasteiger partial charge in [0.15, 0.2) is 0 Å². The van der Waals surface area contributed by atoms with E-state index in [0.717, 1.165) is 57.8 Å². The highest BCUT2D eigenvalue weighted by atomic mass is 16.5. The van der Waals surface area contributed by atoms with Gasteiger partial charge in [0.05, 0.1) is 25.2 Å². The molecule has 0 spiro atoms. The Bertz CT molecular complexity index is 1020. The van der Waals surface area contributed by atoms with E-state index >= 15 is 0 Å². The first kappa shape index (κ1) is 60.1. The van der Waals surface area contributed by atoms with Crippen LogP contribution < -0.4 is 5.32 Å². The van der Waals surface area contributed by atoms with Crippen LogP contribution in [0.25, 0.3) is 0 Å². The number of nitrogens with one attached hydrogen (secondary N) is 1. The molecular weight excluding hydrogens is 767 g/mol. The third kappa shape index (κ3) is 44.7. The molecule has 1 amide bonds. The normalized spacial score (nSPS) is 13.4. The topological polar surface area (TPSA) is 95.9 Å². The Hall–Kier alpha value is -1.92. The van der Waals surface area contributed by atoms with E-state index in [0.29, 0.717) is 19.3 Å². The van der Waals surface area contributed by atoms with Crippen molar-refractivity contribution in [2.75, 3.05) is 6.61 Å². The van der Waals surface area contributed by atoms with Crippen LogP contribution in [0.15, 0.2) is 36.5 Å². The van der Waals surface area contributed by atoms with Gasteiger partial charge in [0.25, 0.3) is 0 Å². The average molecular weight is 872 g/mol. The number of amides is 1. The zero-order chi connectivity index (χ0) is 45.2. The first-order valence-electron chi connectivity index (χ1n) is 27.2. The number of unbranched alkanes of at least 4 members (excludes halogenated alkanes) is 33. The molecule has 0 bridgehead atoms. The predicted octanol–water partition coefficient (Wildman–Crippen LogP) is 16.5. The number of aliphatic hydroxyl groups is 2. The molecule has 0 saturated carbocycles. The Kier molecular flexibility index (Phi) is 48.5. The second-order valence-electron chi connectivity index (χ2n) is 18.7. The van der Waals surface area contributed by atoms with Crippen molar-refractivity contribution in [2.24, 2.45) is 0 Å². The van der Waals surface area contributed by atoms with E-state index in [9.17, 15) is 19.8 Å². The molecule has 62 heavy (non-hydrogen) atoms. The highest BCUT2D eigenvalue weighted by molar-refractivity contribution is 5.77. The first-order chi connectivity index (χ1) is 30.5. The summed E-state index contributed by atoms with van der Waals surface area (Å²) in [5, 5.41) is 23.8. The summed E-state index contributed by atoms with van der Waals surface area (Å²) in [4.78, 5) is 26.2. The van der Waals surface area contributed by atoms with Crippen LogP contribution in [0.1, 0.15) is 284 Å². The average Bonchev–Trinajstić information content (AvgIpc) is 3.26. The van der Waals surface area contributed by atoms with Crippen molar-refractivity contribution in [2.45, 2.75) is 302 Å². The largest absolute Gasteiger partial charge is 0.462 e. The molecule has 0 aromatic heterocycles. The van der Waals surface area contributed by atoms with Gasteiger partial charge in [-0.3, -0.25) is 9.59 Å².